The lowest BCUT2D eigenvalue weighted by Gasteiger charge is -2.10. The van der Waals surface area contributed by atoms with Crippen LogP contribution in [0.5, 0.6) is 0 Å². The number of carbonyl (C=O) groups is 1. The summed E-state index contributed by atoms with van der Waals surface area (Å²) in [7, 11) is 0. The summed E-state index contributed by atoms with van der Waals surface area (Å²) in [6.07, 6.45) is 1.88. The number of rotatable bonds is 7. The largest absolute Gasteiger partial charge is 0.356 e. The van der Waals surface area contributed by atoms with E-state index in [4.69, 9.17) is 0 Å². The first-order valence-electron chi connectivity index (χ1n) is 8.43. The predicted octanol–water partition coefficient (Wildman–Crippen LogP) is 2.07. The Morgan fingerprint density at radius 2 is 2.04 bits per heavy atom. The molecule has 3 aromatic rings. The topological polar surface area (TPSA) is 81.3 Å². The maximum atomic E-state index is 12.8. The quantitative estimate of drug-likeness (QED) is 0.653. The number of aromatic nitrogens is 4. The Morgan fingerprint density at radius 3 is 2.80 bits per heavy atom. The summed E-state index contributed by atoms with van der Waals surface area (Å²) in [6.45, 7) is 5.16. The highest BCUT2D eigenvalue weighted by atomic mass is 32.2. The summed E-state index contributed by atoms with van der Waals surface area (Å²) in [5.74, 6) is 0.736. The second-order valence-electron chi connectivity index (χ2n) is 5.69. The van der Waals surface area contributed by atoms with E-state index in [1.807, 2.05) is 35.6 Å². The third-order valence-corrected chi connectivity index (χ3v) is 4.85. The average Bonchev–Trinajstić information content (AvgIpc) is 3.04. The van der Waals surface area contributed by atoms with Gasteiger partial charge in [-0.3, -0.25) is 18.6 Å². The van der Waals surface area contributed by atoms with Crippen LogP contribution in [0.25, 0.3) is 16.7 Å². The smallest absolute Gasteiger partial charge is 0.262 e. The molecule has 0 fully saturated rings. The van der Waals surface area contributed by atoms with Crippen molar-refractivity contribution >= 4 is 34.3 Å². The second kappa shape index (κ2) is 7.69. The van der Waals surface area contributed by atoms with E-state index in [2.05, 4.69) is 22.4 Å². The normalized spacial score (nSPS) is 11.3. The number of amides is 1. The molecule has 25 heavy (non-hydrogen) atoms. The van der Waals surface area contributed by atoms with E-state index in [0.29, 0.717) is 29.4 Å². The summed E-state index contributed by atoms with van der Waals surface area (Å²) in [5.41, 5.74) is 0.711. The van der Waals surface area contributed by atoms with Gasteiger partial charge in [-0.15, -0.1) is 10.2 Å². The molecule has 0 saturated heterocycles. The summed E-state index contributed by atoms with van der Waals surface area (Å²) < 4.78 is 3.55. The number of nitrogens with one attached hydrogen (secondary N) is 1. The Hall–Kier alpha value is -2.35. The molecule has 0 saturated carbocycles. The lowest BCUT2D eigenvalue weighted by molar-refractivity contribution is -0.118. The number of para-hydroxylation sites is 1. The van der Waals surface area contributed by atoms with Crippen LogP contribution < -0.4 is 10.9 Å². The molecule has 1 aromatic carbocycles. The first kappa shape index (κ1) is 17.5. The highest BCUT2D eigenvalue weighted by Crippen LogP contribution is 2.21. The summed E-state index contributed by atoms with van der Waals surface area (Å²) in [6, 6.07) is 7.44. The molecule has 0 bridgehead atoms. The molecule has 0 aliphatic rings. The van der Waals surface area contributed by atoms with Crippen LogP contribution in [0.2, 0.25) is 0 Å². The van der Waals surface area contributed by atoms with Gasteiger partial charge in [-0.05, 0) is 25.5 Å². The van der Waals surface area contributed by atoms with Crippen molar-refractivity contribution in [1.82, 2.24) is 24.5 Å². The van der Waals surface area contributed by atoms with Crippen LogP contribution in [0.15, 0.2) is 34.2 Å². The van der Waals surface area contributed by atoms with Gasteiger partial charge in [-0.1, -0.05) is 37.2 Å². The molecule has 0 aliphatic heterocycles. The molecule has 0 radical (unpaired) electrons. The molecular formula is C17H21N5O2S. The third-order valence-electron chi connectivity index (χ3n) is 3.92. The molecule has 1 N–H and O–H groups in total. The van der Waals surface area contributed by atoms with Gasteiger partial charge in [-0.25, -0.2) is 0 Å². The number of hydrogen-bond acceptors (Lipinski definition) is 5. The van der Waals surface area contributed by atoms with E-state index in [0.717, 1.165) is 18.4 Å². The Balaban J connectivity index is 2.13. The fraction of sp³-hybridized carbons (Fsp3) is 0.412. The van der Waals surface area contributed by atoms with Crippen molar-refractivity contribution in [3.63, 3.8) is 0 Å². The van der Waals surface area contributed by atoms with Crippen LogP contribution >= 0.6 is 11.8 Å². The molecule has 0 aliphatic carbocycles. The fourth-order valence-electron chi connectivity index (χ4n) is 2.72. The van der Waals surface area contributed by atoms with Crippen molar-refractivity contribution in [1.29, 1.82) is 0 Å². The Bertz CT molecular complexity index is 963. The Morgan fingerprint density at radius 1 is 1.24 bits per heavy atom. The van der Waals surface area contributed by atoms with Gasteiger partial charge in [-0.2, -0.15) is 0 Å². The first-order chi connectivity index (χ1) is 12.2. The molecule has 7 nitrogen and oxygen atoms in total. The minimum absolute atomic E-state index is 0.0483. The number of aryl methyl sites for hydroxylation is 1. The van der Waals surface area contributed by atoms with Gasteiger partial charge in [0.05, 0.1) is 16.7 Å². The molecule has 0 unspecified atom stereocenters. The van der Waals surface area contributed by atoms with Gasteiger partial charge < -0.3 is 5.32 Å². The monoisotopic (exact) mass is 359 g/mol. The molecule has 8 heteroatoms. The zero-order chi connectivity index (χ0) is 17.8. The molecule has 3 rings (SSSR count). The van der Waals surface area contributed by atoms with Crippen molar-refractivity contribution < 1.29 is 4.79 Å². The average molecular weight is 359 g/mol. The zero-order valence-corrected chi connectivity index (χ0v) is 15.2. The molecular weight excluding hydrogens is 338 g/mol. The number of benzene rings is 1. The van der Waals surface area contributed by atoms with Crippen molar-refractivity contribution in [2.24, 2.45) is 0 Å². The lowest BCUT2D eigenvalue weighted by Crippen LogP contribution is -2.25. The second-order valence-corrected chi connectivity index (χ2v) is 6.63. The van der Waals surface area contributed by atoms with Crippen LogP contribution in [0, 0.1) is 0 Å². The predicted molar refractivity (Wildman–Crippen MR) is 99.1 cm³/mol. The maximum Gasteiger partial charge on any atom is 0.262 e. The molecule has 2 heterocycles. The van der Waals surface area contributed by atoms with Crippen molar-refractivity contribution in [3.05, 3.63) is 34.6 Å². The molecule has 0 atom stereocenters. The molecule has 1 amide bonds. The highest BCUT2D eigenvalue weighted by molar-refractivity contribution is 7.99. The lowest BCUT2D eigenvalue weighted by atomic mass is 10.2. The van der Waals surface area contributed by atoms with Crippen molar-refractivity contribution in [2.75, 3.05) is 12.3 Å². The summed E-state index contributed by atoms with van der Waals surface area (Å²) >= 11 is 1.32. The van der Waals surface area contributed by atoms with Crippen LogP contribution in [0.4, 0.5) is 0 Å². The van der Waals surface area contributed by atoms with Crippen molar-refractivity contribution in [2.45, 2.75) is 38.4 Å². The number of hydrogen-bond donors (Lipinski definition) is 1. The number of thioether (sulfide) groups is 1. The van der Waals surface area contributed by atoms with Crippen molar-refractivity contribution in [3.8, 4) is 0 Å². The fourth-order valence-corrected chi connectivity index (χ4v) is 3.49. The van der Waals surface area contributed by atoms with E-state index in [1.165, 1.54) is 11.8 Å². The first-order valence-corrected chi connectivity index (χ1v) is 9.42. The third kappa shape index (κ3) is 3.39. The van der Waals surface area contributed by atoms with E-state index in [1.54, 1.807) is 4.57 Å². The highest BCUT2D eigenvalue weighted by Gasteiger charge is 2.17. The van der Waals surface area contributed by atoms with E-state index in [9.17, 15) is 9.59 Å². The van der Waals surface area contributed by atoms with Gasteiger partial charge in [0.1, 0.15) is 0 Å². The maximum absolute atomic E-state index is 12.8. The van der Waals surface area contributed by atoms with Gasteiger partial charge in [0.15, 0.2) is 5.16 Å². The number of nitrogens with zero attached hydrogens (tertiary/aromatic N) is 4. The van der Waals surface area contributed by atoms with Gasteiger partial charge in [0.25, 0.3) is 5.56 Å². The SMILES string of the molecule is CCCCn1c(=O)c2ccccc2n2c(SCC(=O)NCC)nnc12. The zero-order valence-electron chi connectivity index (χ0n) is 14.4. The minimum atomic E-state index is -0.0516. The van der Waals surface area contributed by atoms with Gasteiger partial charge in [0.2, 0.25) is 11.7 Å². The molecule has 132 valence electrons. The number of carbonyl (C=O) groups excluding carboxylic acids is 1. The molecule has 0 spiro atoms. The minimum Gasteiger partial charge on any atom is -0.356 e. The Kier molecular flexibility index (Phi) is 5.37. The van der Waals surface area contributed by atoms with Crippen LogP contribution in [-0.4, -0.2) is 37.4 Å². The van der Waals surface area contributed by atoms with E-state index in [-0.39, 0.29) is 17.2 Å². The van der Waals surface area contributed by atoms with Gasteiger partial charge >= 0.3 is 0 Å². The number of fused-ring (bicyclic) bond motifs is 3. The van der Waals surface area contributed by atoms with Crippen LogP contribution in [0.1, 0.15) is 26.7 Å². The standard InChI is InChI=1S/C17H21N5O2S/c1-3-5-10-21-15(24)12-8-6-7-9-13(12)22-16(21)19-20-17(22)25-11-14(23)18-4-2/h6-9H,3-5,10-11H2,1-2H3,(H,18,23). The number of unbranched alkanes of at least 4 members (excludes halogenated alkanes) is 1. The Labute approximate surface area is 149 Å². The van der Waals surface area contributed by atoms with E-state index < -0.39 is 0 Å². The van der Waals surface area contributed by atoms with Crippen LogP contribution in [-0.2, 0) is 11.3 Å². The molecule has 2 aromatic heterocycles. The summed E-state index contributed by atoms with van der Waals surface area (Å²) in [5, 5.41) is 12.5. The van der Waals surface area contributed by atoms with E-state index >= 15 is 0 Å². The summed E-state index contributed by atoms with van der Waals surface area (Å²) in [4.78, 5) is 24.6. The van der Waals surface area contributed by atoms with Gasteiger partial charge in [0, 0.05) is 13.1 Å². The van der Waals surface area contributed by atoms with Crippen LogP contribution in [0.3, 0.4) is 0 Å².